The lowest BCUT2D eigenvalue weighted by atomic mass is 10.0. The summed E-state index contributed by atoms with van der Waals surface area (Å²) in [5, 5.41) is 4.95. The number of nitrogens with one attached hydrogen (secondary N) is 1. The van der Waals surface area contributed by atoms with Gasteiger partial charge in [0.1, 0.15) is 0 Å². The Kier molecular flexibility index (Phi) is 4.24. The van der Waals surface area contributed by atoms with Crippen LogP contribution < -0.4 is 10.2 Å². The fourth-order valence-electron chi connectivity index (χ4n) is 2.77. The van der Waals surface area contributed by atoms with Gasteiger partial charge in [-0.25, -0.2) is 0 Å². The first kappa shape index (κ1) is 14.8. The molecule has 0 radical (unpaired) electrons. The molecule has 1 aromatic carbocycles. The average Bonchev–Trinajstić information content (AvgIpc) is 3.20. The number of hydrogen-bond acceptors (Lipinski definition) is 3. The highest BCUT2D eigenvalue weighted by Gasteiger charge is 2.27. The van der Waals surface area contributed by atoms with Crippen LogP contribution in [-0.4, -0.2) is 18.4 Å². The highest BCUT2D eigenvalue weighted by molar-refractivity contribution is 7.09. The standard InChI is InChI=1S/C17H18N2O2S/c1-2-16(20)19-9-8-13-14(6-3-7-15(13)19)17(21)18-11-12-5-4-10-22-12/h3-7,10H,2,8-9,11H2,1H3,(H,18,21). The summed E-state index contributed by atoms with van der Waals surface area (Å²) in [7, 11) is 0. The van der Waals surface area contributed by atoms with Crippen LogP contribution in [0.1, 0.15) is 34.1 Å². The van der Waals surface area contributed by atoms with E-state index in [1.165, 1.54) is 0 Å². The van der Waals surface area contributed by atoms with Crippen LogP contribution in [0.4, 0.5) is 5.69 Å². The van der Waals surface area contributed by atoms with Crippen LogP contribution in [0.2, 0.25) is 0 Å². The minimum absolute atomic E-state index is 0.0731. The number of nitrogens with zero attached hydrogens (tertiary/aromatic N) is 1. The molecule has 2 heterocycles. The molecule has 1 aromatic heterocycles. The van der Waals surface area contributed by atoms with E-state index < -0.39 is 0 Å². The molecular formula is C17H18N2O2S. The minimum atomic E-state index is -0.0731. The predicted octanol–water partition coefficient (Wildman–Crippen LogP) is 2.98. The fourth-order valence-corrected chi connectivity index (χ4v) is 3.42. The molecule has 22 heavy (non-hydrogen) atoms. The topological polar surface area (TPSA) is 49.4 Å². The molecule has 0 unspecified atom stereocenters. The molecule has 0 saturated heterocycles. The molecule has 3 rings (SSSR count). The zero-order chi connectivity index (χ0) is 15.5. The van der Waals surface area contributed by atoms with Crippen molar-refractivity contribution in [1.29, 1.82) is 0 Å². The largest absolute Gasteiger partial charge is 0.347 e. The fraction of sp³-hybridized carbons (Fsp3) is 0.294. The van der Waals surface area contributed by atoms with Crippen molar-refractivity contribution in [2.75, 3.05) is 11.4 Å². The van der Waals surface area contributed by atoms with E-state index >= 15 is 0 Å². The molecule has 0 spiro atoms. The van der Waals surface area contributed by atoms with Crippen molar-refractivity contribution in [2.24, 2.45) is 0 Å². The van der Waals surface area contributed by atoms with E-state index in [0.29, 0.717) is 25.1 Å². The number of benzene rings is 1. The number of carbonyl (C=O) groups is 2. The Balaban J connectivity index is 1.79. The van der Waals surface area contributed by atoms with Crippen molar-refractivity contribution >= 4 is 28.8 Å². The summed E-state index contributed by atoms with van der Waals surface area (Å²) in [6, 6.07) is 9.58. The third kappa shape index (κ3) is 2.76. The van der Waals surface area contributed by atoms with Crippen LogP contribution in [0.5, 0.6) is 0 Å². The predicted molar refractivity (Wildman–Crippen MR) is 88.3 cm³/mol. The Morgan fingerprint density at radius 2 is 2.14 bits per heavy atom. The van der Waals surface area contributed by atoms with Crippen LogP contribution in [0.15, 0.2) is 35.7 Å². The third-order valence-electron chi connectivity index (χ3n) is 3.88. The van der Waals surface area contributed by atoms with Gasteiger partial charge in [-0.05, 0) is 35.6 Å². The summed E-state index contributed by atoms with van der Waals surface area (Å²) in [4.78, 5) is 27.3. The number of anilines is 1. The molecule has 1 aliphatic heterocycles. The molecule has 2 aromatic rings. The molecule has 0 saturated carbocycles. The lowest BCUT2D eigenvalue weighted by Gasteiger charge is -2.16. The molecule has 5 heteroatoms. The first-order chi connectivity index (χ1) is 10.7. The Bertz CT molecular complexity index is 695. The number of fused-ring (bicyclic) bond motifs is 1. The molecule has 1 N–H and O–H groups in total. The summed E-state index contributed by atoms with van der Waals surface area (Å²) in [6.07, 6.45) is 1.22. The van der Waals surface area contributed by atoms with Gasteiger partial charge in [-0.2, -0.15) is 0 Å². The van der Waals surface area contributed by atoms with E-state index in [-0.39, 0.29) is 11.8 Å². The SMILES string of the molecule is CCC(=O)N1CCc2c(C(=O)NCc3cccs3)cccc21. The number of hydrogen-bond donors (Lipinski definition) is 1. The Morgan fingerprint density at radius 3 is 2.86 bits per heavy atom. The zero-order valence-corrected chi connectivity index (χ0v) is 13.3. The Morgan fingerprint density at radius 1 is 1.27 bits per heavy atom. The second kappa shape index (κ2) is 6.32. The summed E-state index contributed by atoms with van der Waals surface area (Å²) in [6.45, 7) is 3.06. The second-order valence-corrected chi connectivity index (χ2v) is 6.25. The lowest BCUT2D eigenvalue weighted by Crippen LogP contribution is -2.27. The molecule has 1 aliphatic rings. The summed E-state index contributed by atoms with van der Waals surface area (Å²) < 4.78 is 0. The maximum absolute atomic E-state index is 12.4. The van der Waals surface area contributed by atoms with Gasteiger partial charge in [-0.1, -0.05) is 19.1 Å². The number of thiophene rings is 1. The van der Waals surface area contributed by atoms with Gasteiger partial charge >= 0.3 is 0 Å². The summed E-state index contributed by atoms with van der Waals surface area (Å²) in [5.41, 5.74) is 2.55. The van der Waals surface area contributed by atoms with Gasteiger partial charge in [-0.15, -0.1) is 11.3 Å². The summed E-state index contributed by atoms with van der Waals surface area (Å²) in [5.74, 6) is 0.0333. The number of carbonyl (C=O) groups excluding carboxylic acids is 2. The molecular weight excluding hydrogens is 296 g/mol. The average molecular weight is 314 g/mol. The lowest BCUT2D eigenvalue weighted by molar-refractivity contribution is -0.118. The molecule has 2 amide bonds. The van der Waals surface area contributed by atoms with Gasteiger partial charge in [0.15, 0.2) is 0 Å². The van der Waals surface area contributed by atoms with Gasteiger partial charge < -0.3 is 10.2 Å². The van der Waals surface area contributed by atoms with Crippen molar-refractivity contribution < 1.29 is 9.59 Å². The van der Waals surface area contributed by atoms with E-state index in [0.717, 1.165) is 22.5 Å². The van der Waals surface area contributed by atoms with E-state index in [4.69, 9.17) is 0 Å². The maximum atomic E-state index is 12.4. The van der Waals surface area contributed by atoms with Gasteiger partial charge in [0.05, 0.1) is 6.54 Å². The van der Waals surface area contributed by atoms with Crippen LogP contribution in [0, 0.1) is 0 Å². The Hall–Kier alpha value is -2.14. The van der Waals surface area contributed by atoms with Crippen LogP contribution in [0.25, 0.3) is 0 Å². The van der Waals surface area contributed by atoms with Crippen molar-refractivity contribution in [3.63, 3.8) is 0 Å². The first-order valence-corrected chi connectivity index (χ1v) is 8.31. The molecule has 0 aliphatic carbocycles. The van der Waals surface area contributed by atoms with Gasteiger partial charge in [-0.3, -0.25) is 9.59 Å². The highest BCUT2D eigenvalue weighted by atomic mass is 32.1. The number of amides is 2. The third-order valence-corrected chi connectivity index (χ3v) is 4.76. The Labute approximate surface area is 133 Å². The first-order valence-electron chi connectivity index (χ1n) is 7.43. The van der Waals surface area contributed by atoms with Crippen LogP contribution >= 0.6 is 11.3 Å². The smallest absolute Gasteiger partial charge is 0.251 e. The van der Waals surface area contributed by atoms with Gasteiger partial charge in [0.2, 0.25) is 5.91 Å². The molecule has 0 bridgehead atoms. The number of rotatable bonds is 4. The van der Waals surface area contributed by atoms with E-state index in [2.05, 4.69) is 5.32 Å². The second-order valence-electron chi connectivity index (χ2n) is 5.21. The summed E-state index contributed by atoms with van der Waals surface area (Å²) >= 11 is 1.63. The zero-order valence-electron chi connectivity index (χ0n) is 12.5. The van der Waals surface area contributed by atoms with Crippen molar-refractivity contribution in [1.82, 2.24) is 5.32 Å². The van der Waals surface area contributed by atoms with E-state index in [9.17, 15) is 9.59 Å². The van der Waals surface area contributed by atoms with Crippen LogP contribution in [0.3, 0.4) is 0 Å². The van der Waals surface area contributed by atoms with Crippen molar-refractivity contribution in [3.05, 3.63) is 51.7 Å². The normalized spacial score (nSPS) is 13.0. The van der Waals surface area contributed by atoms with Gasteiger partial charge in [0, 0.05) is 29.1 Å². The molecule has 4 nitrogen and oxygen atoms in total. The minimum Gasteiger partial charge on any atom is -0.347 e. The van der Waals surface area contributed by atoms with Crippen molar-refractivity contribution in [3.8, 4) is 0 Å². The monoisotopic (exact) mass is 314 g/mol. The van der Waals surface area contributed by atoms with Crippen LogP contribution in [-0.2, 0) is 17.8 Å². The van der Waals surface area contributed by atoms with Crippen molar-refractivity contribution in [2.45, 2.75) is 26.3 Å². The van der Waals surface area contributed by atoms with Gasteiger partial charge in [0.25, 0.3) is 5.91 Å². The quantitative estimate of drug-likeness (QED) is 0.943. The molecule has 0 atom stereocenters. The van der Waals surface area contributed by atoms with E-state index in [1.807, 2.05) is 42.6 Å². The maximum Gasteiger partial charge on any atom is 0.251 e. The van der Waals surface area contributed by atoms with E-state index in [1.54, 1.807) is 16.2 Å². The molecule has 114 valence electrons. The molecule has 0 fully saturated rings. The highest BCUT2D eigenvalue weighted by Crippen LogP contribution is 2.31.